The van der Waals surface area contributed by atoms with Crippen LogP contribution in [0.15, 0.2) is 24.3 Å². The van der Waals surface area contributed by atoms with Crippen LogP contribution in [0.1, 0.15) is 22.5 Å². The molecule has 92 valence electrons. The van der Waals surface area contributed by atoms with Crippen molar-refractivity contribution in [1.82, 2.24) is 10.2 Å². The first-order valence-corrected chi connectivity index (χ1v) is 6.48. The van der Waals surface area contributed by atoms with E-state index in [4.69, 9.17) is 5.11 Å². The van der Waals surface area contributed by atoms with Gasteiger partial charge < -0.3 is 10.4 Å². The molecule has 0 saturated heterocycles. The first-order chi connectivity index (χ1) is 8.72. The van der Waals surface area contributed by atoms with Crippen LogP contribution in [0.25, 0.3) is 10.6 Å². The summed E-state index contributed by atoms with van der Waals surface area (Å²) in [6, 6.07) is 7.62. The molecule has 0 atom stereocenters. The van der Waals surface area contributed by atoms with Crippen LogP contribution >= 0.6 is 11.3 Å². The van der Waals surface area contributed by atoms with Crippen LogP contribution < -0.4 is 5.32 Å². The third-order valence-corrected chi connectivity index (χ3v) is 3.76. The maximum Gasteiger partial charge on any atom is 0.345 e. The van der Waals surface area contributed by atoms with Gasteiger partial charge in [0.25, 0.3) is 0 Å². The van der Waals surface area contributed by atoms with Gasteiger partial charge in [-0.05, 0) is 37.1 Å². The van der Waals surface area contributed by atoms with E-state index < -0.39 is 5.97 Å². The number of aromatic carboxylic acids is 1. The fourth-order valence-electron chi connectivity index (χ4n) is 1.57. The second kappa shape index (κ2) is 4.38. The largest absolute Gasteiger partial charge is 0.477 e. The molecule has 5 nitrogen and oxygen atoms in total. The predicted octanol–water partition coefficient (Wildman–Crippen LogP) is 2.48. The van der Waals surface area contributed by atoms with E-state index in [-0.39, 0.29) is 0 Å². The van der Waals surface area contributed by atoms with Gasteiger partial charge in [-0.15, -0.1) is 21.5 Å². The van der Waals surface area contributed by atoms with Crippen LogP contribution in [-0.4, -0.2) is 27.3 Å². The van der Waals surface area contributed by atoms with Crippen molar-refractivity contribution in [3.8, 4) is 10.6 Å². The summed E-state index contributed by atoms with van der Waals surface area (Å²) in [5.74, 6) is -0.137. The van der Waals surface area contributed by atoms with Crippen LogP contribution in [-0.2, 0) is 0 Å². The van der Waals surface area contributed by atoms with Crippen molar-refractivity contribution in [2.75, 3.05) is 5.32 Å². The summed E-state index contributed by atoms with van der Waals surface area (Å²) in [7, 11) is 0. The zero-order chi connectivity index (χ0) is 12.5. The van der Waals surface area contributed by atoms with Gasteiger partial charge in [0.15, 0.2) is 0 Å². The highest BCUT2D eigenvalue weighted by atomic mass is 32.1. The van der Waals surface area contributed by atoms with Crippen molar-refractivity contribution in [2.24, 2.45) is 0 Å². The Bertz CT molecular complexity index is 575. The van der Waals surface area contributed by atoms with Crippen LogP contribution in [0.3, 0.4) is 0 Å². The standard InChI is InChI=1S/C12H11N3O2S/c16-12(17)10-5-4-9(18-10)8-3-6-11(15-14-8)13-7-1-2-7/h3-7H,1-2H2,(H,13,15)(H,16,17). The monoisotopic (exact) mass is 261 g/mol. The minimum Gasteiger partial charge on any atom is -0.477 e. The van der Waals surface area contributed by atoms with Gasteiger partial charge in [0, 0.05) is 6.04 Å². The Hall–Kier alpha value is -1.95. The number of carboxylic acid groups (broad SMARTS) is 1. The Labute approximate surface area is 107 Å². The molecule has 1 aliphatic rings. The summed E-state index contributed by atoms with van der Waals surface area (Å²) < 4.78 is 0. The summed E-state index contributed by atoms with van der Waals surface area (Å²) in [5.41, 5.74) is 0.703. The second-order valence-corrected chi connectivity index (χ2v) is 5.28. The minimum absolute atomic E-state index is 0.312. The maximum atomic E-state index is 10.8. The number of hydrogen-bond acceptors (Lipinski definition) is 5. The van der Waals surface area contributed by atoms with Gasteiger partial charge in [0.1, 0.15) is 16.4 Å². The van der Waals surface area contributed by atoms with Gasteiger partial charge in [-0.1, -0.05) is 0 Å². The Morgan fingerprint density at radius 1 is 1.28 bits per heavy atom. The third-order valence-electron chi connectivity index (χ3n) is 2.66. The molecule has 2 aromatic rings. The first kappa shape index (κ1) is 11.2. The number of nitrogens with one attached hydrogen (secondary N) is 1. The van der Waals surface area contributed by atoms with E-state index in [0.717, 1.165) is 10.7 Å². The van der Waals surface area contributed by atoms with Gasteiger partial charge >= 0.3 is 5.97 Å². The number of aromatic nitrogens is 2. The van der Waals surface area contributed by atoms with E-state index in [1.807, 2.05) is 12.1 Å². The Balaban J connectivity index is 1.79. The number of carboxylic acids is 1. The van der Waals surface area contributed by atoms with E-state index in [1.54, 1.807) is 12.1 Å². The van der Waals surface area contributed by atoms with Gasteiger partial charge in [0.2, 0.25) is 0 Å². The Morgan fingerprint density at radius 2 is 2.11 bits per heavy atom. The van der Waals surface area contributed by atoms with E-state index in [1.165, 1.54) is 24.2 Å². The summed E-state index contributed by atoms with van der Waals surface area (Å²) in [6.45, 7) is 0. The highest BCUT2D eigenvalue weighted by molar-refractivity contribution is 7.17. The van der Waals surface area contributed by atoms with Crippen molar-refractivity contribution >= 4 is 23.1 Å². The van der Waals surface area contributed by atoms with Crippen molar-refractivity contribution in [3.05, 3.63) is 29.1 Å². The molecule has 0 spiro atoms. The average Bonchev–Trinajstić information content (AvgIpc) is 3.04. The van der Waals surface area contributed by atoms with Crippen molar-refractivity contribution in [1.29, 1.82) is 0 Å². The molecule has 2 aromatic heterocycles. The molecule has 1 saturated carbocycles. The topological polar surface area (TPSA) is 75.1 Å². The zero-order valence-corrected chi connectivity index (χ0v) is 10.3. The zero-order valence-electron chi connectivity index (χ0n) is 9.46. The Morgan fingerprint density at radius 3 is 2.67 bits per heavy atom. The fraction of sp³-hybridized carbons (Fsp3) is 0.250. The predicted molar refractivity (Wildman–Crippen MR) is 68.9 cm³/mol. The lowest BCUT2D eigenvalue weighted by Crippen LogP contribution is -2.03. The van der Waals surface area contributed by atoms with Gasteiger partial charge in [0.05, 0.1) is 4.88 Å². The van der Waals surface area contributed by atoms with Gasteiger partial charge in [-0.3, -0.25) is 0 Å². The second-order valence-electron chi connectivity index (χ2n) is 4.19. The summed E-state index contributed by atoms with van der Waals surface area (Å²) in [4.78, 5) is 11.9. The van der Waals surface area contributed by atoms with Gasteiger partial charge in [-0.25, -0.2) is 4.79 Å². The molecule has 0 amide bonds. The summed E-state index contributed by atoms with van der Waals surface area (Å²) >= 11 is 1.20. The normalized spacial score (nSPS) is 14.4. The number of anilines is 1. The number of rotatable bonds is 4. The highest BCUT2D eigenvalue weighted by Crippen LogP contribution is 2.27. The van der Waals surface area contributed by atoms with Crippen LogP contribution in [0.5, 0.6) is 0 Å². The molecule has 0 bridgehead atoms. The molecule has 3 rings (SSSR count). The van der Waals surface area contributed by atoms with Crippen molar-refractivity contribution < 1.29 is 9.90 Å². The molecule has 0 aromatic carbocycles. The Kier molecular flexibility index (Phi) is 2.71. The minimum atomic E-state index is -0.911. The molecule has 0 unspecified atom stereocenters. The molecule has 2 heterocycles. The molecular formula is C12H11N3O2S. The molecule has 18 heavy (non-hydrogen) atoms. The van der Waals surface area contributed by atoms with Crippen LogP contribution in [0, 0.1) is 0 Å². The van der Waals surface area contributed by atoms with E-state index in [2.05, 4.69) is 15.5 Å². The smallest absolute Gasteiger partial charge is 0.345 e. The number of carbonyl (C=O) groups is 1. The SMILES string of the molecule is O=C(O)c1ccc(-c2ccc(NC3CC3)nn2)s1. The summed E-state index contributed by atoms with van der Waals surface area (Å²) in [6.07, 6.45) is 2.38. The van der Waals surface area contributed by atoms with E-state index >= 15 is 0 Å². The van der Waals surface area contributed by atoms with Crippen molar-refractivity contribution in [2.45, 2.75) is 18.9 Å². The maximum absolute atomic E-state index is 10.8. The van der Waals surface area contributed by atoms with Crippen molar-refractivity contribution in [3.63, 3.8) is 0 Å². The summed E-state index contributed by atoms with van der Waals surface area (Å²) in [5, 5.41) is 20.3. The first-order valence-electron chi connectivity index (χ1n) is 5.66. The quantitative estimate of drug-likeness (QED) is 0.884. The highest BCUT2D eigenvalue weighted by Gasteiger charge is 2.21. The molecule has 2 N–H and O–H groups in total. The lowest BCUT2D eigenvalue weighted by Gasteiger charge is -2.02. The molecule has 0 aliphatic heterocycles. The lowest BCUT2D eigenvalue weighted by molar-refractivity contribution is 0.0702. The fourth-order valence-corrected chi connectivity index (χ4v) is 2.38. The third kappa shape index (κ3) is 2.33. The lowest BCUT2D eigenvalue weighted by atomic mass is 10.3. The van der Waals surface area contributed by atoms with Crippen LogP contribution in [0.2, 0.25) is 0 Å². The van der Waals surface area contributed by atoms with Gasteiger partial charge in [-0.2, -0.15) is 0 Å². The number of hydrogen-bond donors (Lipinski definition) is 2. The molecule has 0 radical (unpaired) electrons. The average molecular weight is 261 g/mol. The molecular weight excluding hydrogens is 250 g/mol. The van der Waals surface area contributed by atoms with E-state index in [9.17, 15) is 4.79 Å². The number of thiophene rings is 1. The molecule has 1 aliphatic carbocycles. The molecule has 6 heteroatoms. The number of nitrogens with zero attached hydrogens (tertiary/aromatic N) is 2. The van der Waals surface area contributed by atoms with Crippen LogP contribution in [0.4, 0.5) is 5.82 Å². The van der Waals surface area contributed by atoms with E-state index in [0.29, 0.717) is 16.6 Å². The molecule has 1 fully saturated rings.